The standard InChI is InChI=1S/C17H18N4O4/c1-20(17(22,23)24)15-6-5-14-13-4-3-12(21-8-2-7-18-21)9-11(13)10-25-16(14)19-15/h2-9,15,19,22-24H,10H2,1H3. The van der Waals surface area contributed by atoms with E-state index in [0.717, 1.165) is 27.3 Å². The van der Waals surface area contributed by atoms with Crippen LogP contribution in [0.15, 0.2) is 54.7 Å². The van der Waals surface area contributed by atoms with Crippen LogP contribution in [0.5, 0.6) is 0 Å². The molecule has 0 amide bonds. The van der Waals surface area contributed by atoms with Gasteiger partial charge in [0, 0.05) is 18.0 Å². The van der Waals surface area contributed by atoms with Crippen molar-refractivity contribution in [2.75, 3.05) is 7.05 Å². The molecule has 2 aromatic rings. The molecule has 1 aromatic carbocycles. The zero-order valence-electron chi connectivity index (χ0n) is 13.5. The molecule has 0 spiro atoms. The molecule has 0 fully saturated rings. The second-order valence-electron chi connectivity index (χ2n) is 5.98. The topological polar surface area (TPSA) is 103 Å². The maximum absolute atomic E-state index is 9.31. The summed E-state index contributed by atoms with van der Waals surface area (Å²) >= 11 is 0. The first kappa shape index (κ1) is 15.9. The lowest BCUT2D eigenvalue weighted by Crippen LogP contribution is -2.56. The van der Waals surface area contributed by atoms with Crippen LogP contribution >= 0.6 is 0 Å². The number of fused-ring (bicyclic) bond motifs is 2. The van der Waals surface area contributed by atoms with E-state index >= 15 is 0 Å². The van der Waals surface area contributed by atoms with Gasteiger partial charge in [0.1, 0.15) is 12.8 Å². The number of ether oxygens (including phenoxy) is 1. The molecule has 130 valence electrons. The van der Waals surface area contributed by atoms with Crippen LogP contribution in [0.1, 0.15) is 11.1 Å². The highest BCUT2D eigenvalue weighted by Gasteiger charge is 2.34. The Balaban J connectivity index is 1.63. The zero-order chi connectivity index (χ0) is 17.6. The van der Waals surface area contributed by atoms with Crippen molar-refractivity contribution in [3.8, 4) is 5.69 Å². The number of benzene rings is 1. The van der Waals surface area contributed by atoms with Crippen molar-refractivity contribution in [3.63, 3.8) is 0 Å². The first-order chi connectivity index (χ1) is 11.9. The van der Waals surface area contributed by atoms with Gasteiger partial charge in [-0.25, -0.2) is 9.58 Å². The summed E-state index contributed by atoms with van der Waals surface area (Å²) in [4.78, 5) is 0.965. The molecule has 0 aliphatic carbocycles. The van der Waals surface area contributed by atoms with E-state index in [2.05, 4.69) is 10.4 Å². The Hall–Kier alpha value is -2.65. The van der Waals surface area contributed by atoms with Crippen molar-refractivity contribution >= 4 is 5.57 Å². The Morgan fingerprint density at radius 3 is 2.92 bits per heavy atom. The molecule has 3 heterocycles. The number of hydrogen-bond acceptors (Lipinski definition) is 7. The van der Waals surface area contributed by atoms with Gasteiger partial charge in [0.2, 0.25) is 0 Å². The van der Waals surface area contributed by atoms with Gasteiger partial charge in [-0.3, -0.25) is 0 Å². The van der Waals surface area contributed by atoms with E-state index in [1.165, 1.54) is 7.05 Å². The second-order valence-corrected chi connectivity index (χ2v) is 5.98. The summed E-state index contributed by atoms with van der Waals surface area (Å²) in [5.41, 5.74) is 3.89. The number of aromatic nitrogens is 2. The van der Waals surface area contributed by atoms with Crippen molar-refractivity contribution < 1.29 is 20.1 Å². The SMILES string of the molecule is CN(C1C=CC2=C(N1)OCc1cc(-n3cccn3)ccc12)C(O)(O)O. The van der Waals surface area contributed by atoms with Crippen LogP contribution in [-0.4, -0.2) is 49.3 Å². The molecule has 8 heteroatoms. The molecule has 1 unspecified atom stereocenters. The summed E-state index contributed by atoms with van der Waals surface area (Å²) in [6.45, 7) is 0.378. The molecule has 0 saturated carbocycles. The highest BCUT2D eigenvalue weighted by molar-refractivity contribution is 5.80. The van der Waals surface area contributed by atoms with Gasteiger partial charge in [-0.15, -0.1) is 0 Å². The lowest BCUT2D eigenvalue weighted by atomic mass is 9.96. The van der Waals surface area contributed by atoms with Crippen LogP contribution in [0.2, 0.25) is 0 Å². The zero-order valence-corrected chi connectivity index (χ0v) is 13.5. The largest absolute Gasteiger partial charge is 0.474 e. The number of likely N-dealkylation sites (N-methyl/N-ethyl adjacent to an activating group) is 1. The van der Waals surface area contributed by atoms with Crippen LogP contribution in [0.3, 0.4) is 0 Å². The molecule has 4 rings (SSSR count). The predicted molar refractivity (Wildman–Crippen MR) is 88.5 cm³/mol. The molecule has 0 saturated heterocycles. The predicted octanol–water partition coefficient (Wildman–Crippen LogP) is 0.0766. The molecule has 0 bridgehead atoms. The van der Waals surface area contributed by atoms with E-state index in [1.54, 1.807) is 17.0 Å². The van der Waals surface area contributed by atoms with Crippen LogP contribution in [0, 0.1) is 0 Å². The molecular formula is C17H18N4O4. The van der Waals surface area contributed by atoms with Crippen molar-refractivity contribution in [2.45, 2.75) is 18.9 Å². The first-order valence-corrected chi connectivity index (χ1v) is 7.78. The summed E-state index contributed by atoms with van der Waals surface area (Å²) in [5, 5.41) is 35.2. The lowest BCUT2D eigenvalue weighted by Gasteiger charge is -2.36. The van der Waals surface area contributed by atoms with Gasteiger partial charge in [0.25, 0.3) is 0 Å². The summed E-state index contributed by atoms with van der Waals surface area (Å²) in [7, 11) is 1.38. The van der Waals surface area contributed by atoms with Gasteiger partial charge in [-0.1, -0.05) is 6.07 Å². The van der Waals surface area contributed by atoms with E-state index in [-0.39, 0.29) is 0 Å². The van der Waals surface area contributed by atoms with Gasteiger partial charge in [0.15, 0.2) is 5.88 Å². The molecule has 2 aliphatic rings. The first-order valence-electron chi connectivity index (χ1n) is 7.78. The summed E-state index contributed by atoms with van der Waals surface area (Å²) in [6, 6.07) is 7.88. The third-order valence-corrected chi connectivity index (χ3v) is 4.38. The monoisotopic (exact) mass is 342 g/mol. The fourth-order valence-electron chi connectivity index (χ4n) is 2.94. The van der Waals surface area contributed by atoms with Gasteiger partial charge in [0.05, 0.1) is 5.69 Å². The van der Waals surface area contributed by atoms with Crippen LogP contribution < -0.4 is 5.32 Å². The van der Waals surface area contributed by atoms with Gasteiger partial charge in [-0.2, -0.15) is 5.10 Å². The van der Waals surface area contributed by atoms with Crippen molar-refractivity contribution in [2.24, 2.45) is 0 Å². The third-order valence-electron chi connectivity index (χ3n) is 4.38. The number of rotatable bonds is 3. The Kier molecular flexibility index (Phi) is 3.62. The lowest BCUT2D eigenvalue weighted by molar-refractivity contribution is -0.394. The maximum atomic E-state index is 9.31. The van der Waals surface area contributed by atoms with E-state index in [1.807, 2.05) is 36.5 Å². The smallest absolute Gasteiger partial charge is 0.347 e. The van der Waals surface area contributed by atoms with E-state index in [9.17, 15) is 15.3 Å². The normalized spacial score (nSPS) is 19.3. The van der Waals surface area contributed by atoms with Gasteiger partial charge < -0.3 is 25.4 Å². The fraction of sp³-hybridized carbons (Fsp3) is 0.235. The third kappa shape index (κ3) is 2.81. The van der Waals surface area contributed by atoms with Gasteiger partial charge in [-0.05, 0) is 48.5 Å². The van der Waals surface area contributed by atoms with E-state index in [0.29, 0.717) is 12.5 Å². The Bertz CT molecular complexity index is 852. The molecule has 1 aromatic heterocycles. The Morgan fingerprint density at radius 2 is 2.20 bits per heavy atom. The number of nitrogens with zero attached hydrogens (tertiary/aromatic N) is 3. The van der Waals surface area contributed by atoms with Crippen molar-refractivity contribution in [1.82, 2.24) is 20.0 Å². The van der Waals surface area contributed by atoms with Crippen LogP contribution in [0.4, 0.5) is 0 Å². The fourth-order valence-corrected chi connectivity index (χ4v) is 2.94. The Morgan fingerprint density at radius 1 is 1.36 bits per heavy atom. The molecule has 25 heavy (non-hydrogen) atoms. The number of allylic oxidation sites excluding steroid dienone is 2. The highest BCUT2D eigenvalue weighted by Crippen LogP contribution is 2.33. The van der Waals surface area contributed by atoms with E-state index in [4.69, 9.17) is 4.74 Å². The molecular weight excluding hydrogens is 324 g/mol. The number of dihydropyridines is 1. The minimum atomic E-state index is -2.93. The minimum Gasteiger partial charge on any atom is -0.474 e. The number of nitrogens with one attached hydrogen (secondary N) is 1. The number of aliphatic hydroxyl groups is 3. The summed E-state index contributed by atoms with van der Waals surface area (Å²) in [6.07, 6.45) is 3.61. The number of hydrogen-bond donors (Lipinski definition) is 4. The molecule has 4 N–H and O–H groups in total. The van der Waals surface area contributed by atoms with Crippen LogP contribution in [-0.2, 0) is 11.3 Å². The average Bonchev–Trinajstić information content (AvgIpc) is 3.13. The summed E-state index contributed by atoms with van der Waals surface area (Å²) < 4.78 is 7.57. The molecule has 1 atom stereocenters. The molecule has 0 radical (unpaired) electrons. The van der Waals surface area contributed by atoms with Crippen LogP contribution in [0.25, 0.3) is 11.3 Å². The molecule has 2 aliphatic heterocycles. The van der Waals surface area contributed by atoms with Crippen molar-refractivity contribution in [3.05, 3.63) is 65.8 Å². The second kappa shape index (κ2) is 5.71. The quantitative estimate of drug-likeness (QED) is 0.586. The maximum Gasteiger partial charge on any atom is 0.347 e. The minimum absolute atomic E-state index is 0.378. The highest BCUT2D eigenvalue weighted by atomic mass is 16.7. The van der Waals surface area contributed by atoms with E-state index < -0.39 is 12.3 Å². The summed E-state index contributed by atoms with van der Waals surface area (Å²) in [5.74, 6) is 0.530. The average molecular weight is 342 g/mol. The van der Waals surface area contributed by atoms with Crippen molar-refractivity contribution in [1.29, 1.82) is 0 Å². The van der Waals surface area contributed by atoms with Gasteiger partial charge >= 0.3 is 6.10 Å². The molecule has 8 nitrogen and oxygen atoms in total. The Labute approximate surface area is 143 Å².